The van der Waals surface area contributed by atoms with Crippen molar-refractivity contribution >= 4 is 44.6 Å². The van der Waals surface area contributed by atoms with Gasteiger partial charge in [-0.15, -0.1) is 0 Å². The number of cyclic esters (lactones) is 1. The third-order valence-corrected chi connectivity index (χ3v) is 18.5. The molecule has 24 nitrogen and oxygen atoms in total. The number of nitrogens with one attached hydrogen (secondary N) is 1. The predicted octanol–water partition coefficient (Wildman–Crippen LogP) is 4.59. The second kappa shape index (κ2) is 35.4. The Morgan fingerprint density at radius 1 is 0.943 bits per heavy atom. The highest BCUT2D eigenvalue weighted by atomic mass is 32.2. The van der Waals surface area contributed by atoms with Crippen LogP contribution in [0.5, 0.6) is 0 Å². The average molecular weight is 1260 g/mol. The molecule has 87 heavy (non-hydrogen) atoms. The molecule has 0 radical (unpaired) electrons. The Bertz CT molecular complexity index is 2670. The monoisotopic (exact) mass is 1260 g/mol. The molecule has 7 N–H and O–H groups in total. The van der Waals surface area contributed by atoms with Crippen molar-refractivity contribution in [3.8, 4) is 0 Å². The lowest BCUT2D eigenvalue weighted by Gasteiger charge is -2.47. The van der Waals surface area contributed by atoms with E-state index < -0.39 is 125 Å². The van der Waals surface area contributed by atoms with Gasteiger partial charge in [0.1, 0.15) is 29.5 Å². The maximum Gasteiger partial charge on any atom is 0.341 e. The Hall–Kier alpha value is -4.22. The lowest BCUT2D eigenvalue weighted by molar-refractivity contribution is -0.287. The van der Waals surface area contributed by atoms with Crippen LogP contribution in [0.3, 0.4) is 0 Å². The third-order valence-electron chi connectivity index (χ3n) is 17.3. The first-order valence-electron chi connectivity index (χ1n) is 31.0. The molecule has 500 valence electrons. The summed E-state index contributed by atoms with van der Waals surface area (Å²) in [5.41, 5.74) is -2.29. The van der Waals surface area contributed by atoms with E-state index in [1.54, 1.807) is 66.3 Å². The molecule has 17 atom stereocenters. The number of benzene rings is 1. The molecule has 25 heteroatoms. The first-order chi connectivity index (χ1) is 40.9. The van der Waals surface area contributed by atoms with Crippen molar-refractivity contribution in [2.45, 2.75) is 214 Å². The molecule has 3 saturated heterocycles. The summed E-state index contributed by atoms with van der Waals surface area (Å²) in [7, 11) is 3.81. The van der Waals surface area contributed by atoms with Gasteiger partial charge in [0.2, 0.25) is 5.43 Å². The van der Waals surface area contributed by atoms with Gasteiger partial charge in [-0.2, -0.15) is 8.42 Å². The number of aromatic nitrogens is 1. The number of pyridine rings is 1. The number of aromatic carboxylic acids is 1. The number of ether oxygens (including phenoxy) is 5. The maximum atomic E-state index is 14.6. The number of nitrogens with zero attached hydrogens (tertiary/aromatic N) is 4. The number of likely N-dealkylation sites (N-methyl/N-ethyl adjacent to an activating group) is 2. The zero-order chi connectivity index (χ0) is 65.9. The van der Waals surface area contributed by atoms with Crippen LogP contribution in [0.2, 0.25) is 0 Å². The van der Waals surface area contributed by atoms with Crippen LogP contribution in [0.1, 0.15) is 144 Å². The van der Waals surface area contributed by atoms with E-state index in [2.05, 4.69) is 10.5 Å². The number of fused-ring (bicyclic) bond motifs is 1. The normalized spacial score (nSPS) is 32.5. The molecule has 1 aromatic carbocycles. The second-order valence-electron chi connectivity index (χ2n) is 24.2. The number of aryl methyl sites for hydroxylation is 2. The van der Waals surface area contributed by atoms with Crippen molar-refractivity contribution in [1.29, 1.82) is 0 Å². The van der Waals surface area contributed by atoms with E-state index in [9.17, 15) is 53.1 Å². The van der Waals surface area contributed by atoms with Gasteiger partial charge in [0.15, 0.2) is 12.9 Å². The molecule has 0 saturated carbocycles. The van der Waals surface area contributed by atoms with Gasteiger partial charge < -0.3 is 78.8 Å². The summed E-state index contributed by atoms with van der Waals surface area (Å²) >= 11 is 0. The summed E-state index contributed by atoms with van der Waals surface area (Å²) in [6.07, 6.45) is -6.12. The molecule has 2 aromatic rings. The number of carboxylic acids is 1. The fourth-order valence-electron chi connectivity index (χ4n) is 12.1. The van der Waals surface area contributed by atoms with Crippen molar-refractivity contribution < 1.29 is 86.1 Å². The van der Waals surface area contributed by atoms with E-state index >= 15 is 0 Å². The second-order valence-corrected chi connectivity index (χ2v) is 25.9. The highest BCUT2D eigenvalue weighted by Gasteiger charge is 2.51. The van der Waals surface area contributed by atoms with Gasteiger partial charge in [-0.3, -0.25) is 18.6 Å². The van der Waals surface area contributed by atoms with Crippen LogP contribution >= 0.6 is 0 Å². The standard InChI is InChI=1S/C59H97N5O18S.C2H6.CH4O/c1-15-47-59(73,16-2)54(69)38(8)50(61-77-32-49(66)63(13)14)35(5)29-58(10,33-65)48(81-57-52(68)45(62(11)12)26-36(6)78-57)28-46(37(7)56(72)80-47)76-31-41-25-34(4)53(39(9)79-41)82-83(74,75)24-23-60-22-18-19-40-20-21-44-42(27-40)51(67)43(55(70)71)30-64(44)17-3;2*1-2/h20-21,27,30,34-39,41,45-48,52-54,57,60,65,68-69,73H,15-19,22-26,28-29,31-33H2,1-14H3,(H,70,71);1-2H3;2H,1H3/b61-50+;;/t34?,35-,36-,37?,38+,39?,41-,45+,46+,47-,48-,52?,53-,54?,57+,58?,59-;;/m1../s1. The minimum absolute atomic E-state index is 0.0285. The summed E-state index contributed by atoms with van der Waals surface area (Å²) in [5, 5.41) is 72.5. The van der Waals surface area contributed by atoms with Crippen molar-refractivity contribution in [2.75, 3.05) is 74.0 Å². The number of aliphatic hydroxyl groups excluding tert-OH is 4. The Morgan fingerprint density at radius 3 is 2.18 bits per heavy atom. The van der Waals surface area contributed by atoms with E-state index in [1.165, 1.54) is 11.1 Å². The molecular weight excluding hydrogens is 1150 g/mol. The molecule has 0 bridgehead atoms. The van der Waals surface area contributed by atoms with E-state index in [0.717, 1.165) is 12.7 Å². The summed E-state index contributed by atoms with van der Waals surface area (Å²) in [5.74, 6) is -5.65. The van der Waals surface area contributed by atoms with Crippen LogP contribution in [-0.4, -0.2) is 224 Å². The molecule has 3 aliphatic heterocycles. The van der Waals surface area contributed by atoms with Crippen LogP contribution in [0.25, 0.3) is 10.9 Å². The van der Waals surface area contributed by atoms with Crippen molar-refractivity contribution in [2.24, 2.45) is 34.2 Å². The number of amides is 1. The molecule has 3 fully saturated rings. The molecule has 4 heterocycles. The van der Waals surface area contributed by atoms with Gasteiger partial charge in [-0.1, -0.05) is 66.6 Å². The minimum Gasteiger partial charge on any atom is -0.477 e. The van der Waals surface area contributed by atoms with Gasteiger partial charge in [-0.05, 0) is 123 Å². The average Bonchev–Trinajstić information content (AvgIpc) is 1.09. The molecule has 5 rings (SSSR count). The number of oxime groups is 1. The van der Waals surface area contributed by atoms with E-state index in [-0.39, 0.29) is 79.8 Å². The molecule has 1 amide bonds. The van der Waals surface area contributed by atoms with Crippen molar-refractivity contribution in [3.05, 3.63) is 45.7 Å². The number of carbonyl (C=O) groups excluding carboxylic acids is 2. The SMILES string of the molecule is CC.CC[C@H]1OC(=O)C(C)[C@@H](OC[C@H]2CC(C)[C@@H](OS(=O)(=O)CCNCCCc3ccc4c(c3)c(=O)c(C(=O)O)cn4CC)C(C)O2)C[C@@H](O[C@@H]2O[C@H](C)C[C@H](N(C)C)C2O)C(C)(CO)C[C@@H](C)/C(=N\OCC(=O)N(C)C)[C@H](C)C(O)[C@@]1(O)CC.CO. The summed E-state index contributed by atoms with van der Waals surface area (Å²) < 4.78 is 67.0. The molecule has 1 aromatic heterocycles. The number of aliphatic hydroxyl groups is 5. The predicted molar refractivity (Wildman–Crippen MR) is 331 cm³/mol. The largest absolute Gasteiger partial charge is 0.477 e. The number of carbonyl (C=O) groups is 3. The molecule has 6 unspecified atom stereocenters. The van der Waals surface area contributed by atoms with Gasteiger partial charge in [-0.25, -0.2) is 4.79 Å². The van der Waals surface area contributed by atoms with Gasteiger partial charge in [0, 0.05) is 69.7 Å². The smallest absolute Gasteiger partial charge is 0.341 e. The van der Waals surface area contributed by atoms with Crippen LogP contribution in [0.15, 0.2) is 34.3 Å². The molecule has 3 aliphatic rings. The fourth-order valence-corrected chi connectivity index (χ4v) is 13.2. The zero-order valence-electron chi connectivity index (χ0n) is 54.8. The quantitative estimate of drug-likeness (QED) is 0.0346. The van der Waals surface area contributed by atoms with Crippen LogP contribution in [0, 0.1) is 29.1 Å². The first kappa shape index (κ1) is 77.0. The molecule has 0 spiro atoms. The van der Waals surface area contributed by atoms with E-state index in [0.29, 0.717) is 49.7 Å². The van der Waals surface area contributed by atoms with Crippen molar-refractivity contribution in [3.63, 3.8) is 0 Å². The Labute approximate surface area is 516 Å². The Balaban J connectivity index is 0.00000484. The molecule has 0 aliphatic carbocycles. The molecular formula is C62H107N5O19S. The lowest BCUT2D eigenvalue weighted by atomic mass is 9.70. The number of rotatable bonds is 23. The topological polar surface area (TPSA) is 324 Å². The summed E-state index contributed by atoms with van der Waals surface area (Å²) in [4.78, 5) is 60.8. The lowest BCUT2D eigenvalue weighted by Crippen LogP contribution is -2.58. The van der Waals surface area contributed by atoms with E-state index in [4.69, 9.17) is 37.8 Å². The van der Waals surface area contributed by atoms with Crippen molar-refractivity contribution in [1.82, 2.24) is 19.7 Å². The first-order valence-corrected chi connectivity index (χ1v) is 32.5. The minimum atomic E-state index is -4.05. The van der Waals surface area contributed by atoms with Crippen LogP contribution in [0.4, 0.5) is 0 Å². The Morgan fingerprint density at radius 2 is 1.61 bits per heavy atom. The van der Waals surface area contributed by atoms with Gasteiger partial charge in [0.05, 0.1) is 72.7 Å². The van der Waals surface area contributed by atoms with Gasteiger partial charge in [0.25, 0.3) is 16.0 Å². The fraction of sp³-hybridized carbons (Fsp3) is 0.790. The zero-order valence-corrected chi connectivity index (χ0v) is 55.6. The van der Waals surface area contributed by atoms with Crippen LogP contribution < -0.4 is 10.7 Å². The number of hydrogen-bond donors (Lipinski definition) is 7. The Kier molecular flexibility index (Phi) is 31.3. The van der Waals surface area contributed by atoms with Gasteiger partial charge >= 0.3 is 11.9 Å². The van der Waals surface area contributed by atoms with Crippen LogP contribution in [-0.2, 0) is 65.4 Å². The summed E-state index contributed by atoms with van der Waals surface area (Å²) in [6.45, 7) is 21.8. The number of carboxylic acid groups (broad SMARTS) is 1. The number of hydrogen-bond acceptors (Lipinski definition) is 21. The summed E-state index contributed by atoms with van der Waals surface area (Å²) in [6, 6.07) is 5.06. The maximum absolute atomic E-state index is 14.6. The number of esters is 1. The highest BCUT2D eigenvalue weighted by molar-refractivity contribution is 7.86. The highest BCUT2D eigenvalue weighted by Crippen LogP contribution is 2.42. The van der Waals surface area contributed by atoms with E-state index in [1.807, 2.05) is 72.7 Å². The third kappa shape index (κ3) is 20.4.